The van der Waals surface area contributed by atoms with Crippen molar-refractivity contribution in [3.63, 3.8) is 0 Å². The second kappa shape index (κ2) is 6.02. The highest BCUT2D eigenvalue weighted by atomic mass is 79.9. The molecule has 0 unspecified atom stereocenters. The zero-order valence-corrected chi connectivity index (χ0v) is 16.7. The van der Waals surface area contributed by atoms with Crippen LogP contribution in [0.4, 0.5) is 0 Å². The summed E-state index contributed by atoms with van der Waals surface area (Å²) in [4.78, 5) is 0. The van der Waals surface area contributed by atoms with Crippen molar-refractivity contribution in [3.8, 4) is 11.1 Å². The summed E-state index contributed by atoms with van der Waals surface area (Å²) in [5, 5.41) is 0. The van der Waals surface area contributed by atoms with E-state index < -0.39 is 0 Å². The van der Waals surface area contributed by atoms with Crippen LogP contribution in [0.25, 0.3) is 22.8 Å². The minimum atomic E-state index is 1.11. The number of fused-ring (bicyclic) bond motifs is 3. The van der Waals surface area contributed by atoms with Gasteiger partial charge in [0.15, 0.2) is 0 Å². The maximum atomic E-state index is 3.63. The van der Waals surface area contributed by atoms with Crippen molar-refractivity contribution in [2.45, 2.75) is 13.8 Å². The normalized spacial score (nSPS) is 12.1. The highest BCUT2D eigenvalue weighted by Crippen LogP contribution is 2.46. The molecule has 118 valence electrons. The zero-order chi connectivity index (χ0) is 16.8. The first kappa shape index (κ1) is 15.9. The van der Waals surface area contributed by atoms with Gasteiger partial charge in [-0.05, 0) is 83.1 Å². The number of hydrogen-bond acceptors (Lipinski definition) is 0. The van der Waals surface area contributed by atoms with Gasteiger partial charge in [-0.15, -0.1) is 0 Å². The third kappa shape index (κ3) is 2.68. The summed E-state index contributed by atoms with van der Waals surface area (Å²) < 4.78 is 2.22. The summed E-state index contributed by atoms with van der Waals surface area (Å²) >= 11 is 7.25. The van der Waals surface area contributed by atoms with Gasteiger partial charge in [-0.2, -0.15) is 0 Å². The molecule has 1 aliphatic rings. The van der Waals surface area contributed by atoms with Gasteiger partial charge < -0.3 is 0 Å². The fourth-order valence-electron chi connectivity index (χ4n) is 3.32. The Hall–Kier alpha value is -1.64. The first-order chi connectivity index (χ1) is 11.5. The number of rotatable bonds is 1. The van der Waals surface area contributed by atoms with E-state index in [1.165, 1.54) is 44.5 Å². The van der Waals surface area contributed by atoms with Gasteiger partial charge in [0.05, 0.1) is 0 Å². The largest absolute Gasteiger partial charge is 0.0590 e. The lowest BCUT2D eigenvalue weighted by Crippen LogP contribution is -1.87. The first-order valence-corrected chi connectivity index (χ1v) is 9.51. The predicted octanol–water partition coefficient (Wildman–Crippen LogP) is 7.40. The van der Waals surface area contributed by atoms with Crippen molar-refractivity contribution < 1.29 is 0 Å². The lowest BCUT2D eigenvalue weighted by molar-refractivity contribution is 1.38. The molecule has 0 radical (unpaired) electrons. The average molecular weight is 440 g/mol. The summed E-state index contributed by atoms with van der Waals surface area (Å²) in [7, 11) is 0. The summed E-state index contributed by atoms with van der Waals surface area (Å²) in [5.74, 6) is 0. The summed E-state index contributed by atoms with van der Waals surface area (Å²) in [6, 6.07) is 19.7. The maximum absolute atomic E-state index is 3.63. The minimum Gasteiger partial charge on any atom is -0.0590 e. The molecule has 0 aliphatic heterocycles. The Labute approximate surface area is 159 Å². The van der Waals surface area contributed by atoms with Crippen LogP contribution in [0.2, 0.25) is 0 Å². The Morgan fingerprint density at radius 1 is 0.667 bits per heavy atom. The van der Waals surface area contributed by atoms with Crippen molar-refractivity contribution in [2.24, 2.45) is 0 Å². The van der Waals surface area contributed by atoms with Crippen molar-refractivity contribution in [1.29, 1.82) is 0 Å². The third-order valence-corrected chi connectivity index (χ3v) is 5.55. The molecule has 0 saturated heterocycles. The van der Waals surface area contributed by atoms with E-state index in [-0.39, 0.29) is 0 Å². The van der Waals surface area contributed by atoms with Crippen LogP contribution in [-0.4, -0.2) is 0 Å². The molecule has 0 N–H and O–H groups in total. The topological polar surface area (TPSA) is 0 Å². The smallest absolute Gasteiger partial charge is 0.0181 e. The van der Waals surface area contributed by atoms with E-state index in [2.05, 4.69) is 106 Å². The van der Waals surface area contributed by atoms with Crippen LogP contribution < -0.4 is 0 Å². The van der Waals surface area contributed by atoms with Crippen LogP contribution in [0, 0.1) is 13.8 Å². The van der Waals surface area contributed by atoms with Crippen LogP contribution in [-0.2, 0) is 0 Å². The molecule has 0 fully saturated rings. The summed E-state index contributed by atoms with van der Waals surface area (Å²) in [6.07, 6.45) is 2.33. The molecule has 2 heteroatoms. The van der Waals surface area contributed by atoms with Gasteiger partial charge in [0.25, 0.3) is 0 Å². The van der Waals surface area contributed by atoms with Crippen LogP contribution >= 0.6 is 31.9 Å². The van der Waals surface area contributed by atoms with Crippen LogP contribution in [0.3, 0.4) is 0 Å². The van der Waals surface area contributed by atoms with Crippen LogP contribution in [0.1, 0.15) is 27.8 Å². The van der Waals surface area contributed by atoms with Gasteiger partial charge in [0.1, 0.15) is 0 Å². The van der Waals surface area contributed by atoms with Gasteiger partial charge in [0.2, 0.25) is 0 Å². The molecular weight excluding hydrogens is 424 g/mol. The Kier molecular flexibility index (Phi) is 3.98. The number of hydrogen-bond donors (Lipinski definition) is 0. The first-order valence-electron chi connectivity index (χ1n) is 7.92. The Bertz CT molecular complexity index is 943. The zero-order valence-electron chi connectivity index (χ0n) is 13.5. The van der Waals surface area contributed by atoms with E-state index in [1.54, 1.807) is 0 Å². The van der Waals surface area contributed by atoms with Crippen molar-refractivity contribution in [3.05, 3.63) is 91.4 Å². The number of benzene rings is 3. The van der Waals surface area contributed by atoms with Crippen LogP contribution in [0.5, 0.6) is 0 Å². The van der Waals surface area contributed by atoms with E-state index in [1.807, 2.05) is 0 Å². The molecule has 4 rings (SSSR count). The molecule has 1 aliphatic carbocycles. The molecule has 0 saturated carbocycles. The van der Waals surface area contributed by atoms with Gasteiger partial charge in [0, 0.05) is 8.95 Å². The quantitative estimate of drug-likeness (QED) is 0.290. The Morgan fingerprint density at radius 2 is 1.25 bits per heavy atom. The Balaban J connectivity index is 2.01. The molecule has 0 heterocycles. The third-order valence-electron chi connectivity index (χ3n) is 4.57. The number of aryl methyl sites for hydroxylation is 2. The van der Waals surface area contributed by atoms with E-state index >= 15 is 0 Å². The molecule has 0 spiro atoms. The summed E-state index contributed by atoms with van der Waals surface area (Å²) in [5.41, 5.74) is 10.3. The van der Waals surface area contributed by atoms with Gasteiger partial charge in [-0.25, -0.2) is 0 Å². The van der Waals surface area contributed by atoms with Gasteiger partial charge >= 0.3 is 0 Å². The van der Waals surface area contributed by atoms with Gasteiger partial charge in [-0.3, -0.25) is 0 Å². The van der Waals surface area contributed by atoms with Crippen molar-refractivity contribution >= 4 is 43.5 Å². The van der Waals surface area contributed by atoms with Crippen molar-refractivity contribution in [1.82, 2.24) is 0 Å². The summed E-state index contributed by atoms with van der Waals surface area (Å²) in [6.45, 7) is 4.32. The molecule has 3 aromatic carbocycles. The molecule has 0 nitrogen and oxygen atoms in total. The van der Waals surface area contributed by atoms with E-state index in [0.717, 1.165) is 8.95 Å². The number of halogens is 2. The second-order valence-corrected chi connectivity index (χ2v) is 8.13. The molecule has 3 aromatic rings. The lowest BCUT2D eigenvalue weighted by Gasteiger charge is -2.07. The molecule has 0 atom stereocenters. The Morgan fingerprint density at radius 3 is 1.83 bits per heavy atom. The van der Waals surface area contributed by atoms with Crippen LogP contribution in [0.15, 0.2) is 63.5 Å². The molecule has 0 aromatic heterocycles. The highest BCUT2D eigenvalue weighted by Gasteiger charge is 2.23. The van der Waals surface area contributed by atoms with E-state index in [9.17, 15) is 0 Å². The molecule has 0 bridgehead atoms. The molecule has 24 heavy (non-hydrogen) atoms. The standard InChI is InChI=1S/C22H16Br2/c1-13-3-4-14(2)15(9-13)10-20-21-11-16(23)5-7-18(21)19-8-6-17(24)12-22(19)20/h3-12H,1-2H3. The predicted molar refractivity (Wildman–Crippen MR) is 110 cm³/mol. The fraction of sp³-hybridized carbons (Fsp3) is 0.0909. The van der Waals surface area contributed by atoms with Crippen molar-refractivity contribution in [2.75, 3.05) is 0 Å². The molecule has 0 amide bonds. The van der Waals surface area contributed by atoms with E-state index in [4.69, 9.17) is 0 Å². The molecular formula is C22H16Br2. The monoisotopic (exact) mass is 438 g/mol. The minimum absolute atomic E-state index is 1.11. The fourth-order valence-corrected chi connectivity index (χ4v) is 4.04. The SMILES string of the molecule is Cc1ccc(C)c(C=C2c3cc(Br)ccc3-c3ccc(Br)cc32)c1. The lowest BCUT2D eigenvalue weighted by atomic mass is 9.98. The second-order valence-electron chi connectivity index (χ2n) is 6.30. The highest BCUT2D eigenvalue weighted by molar-refractivity contribution is 9.10. The van der Waals surface area contributed by atoms with E-state index in [0.29, 0.717) is 0 Å². The average Bonchev–Trinajstić information content (AvgIpc) is 2.83. The maximum Gasteiger partial charge on any atom is 0.0181 e. The van der Waals surface area contributed by atoms with Gasteiger partial charge in [-0.1, -0.05) is 67.8 Å².